The fourth-order valence-electron chi connectivity index (χ4n) is 3.68. The van der Waals surface area contributed by atoms with Gasteiger partial charge in [-0.25, -0.2) is 9.97 Å². The van der Waals surface area contributed by atoms with Gasteiger partial charge in [0, 0.05) is 25.0 Å². The quantitative estimate of drug-likeness (QED) is 0.637. The molecule has 5 nitrogen and oxygen atoms in total. The Morgan fingerprint density at radius 1 is 0.862 bits per heavy atom. The number of carbonyl (C=O) groups excluding carboxylic acids is 1. The van der Waals surface area contributed by atoms with E-state index in [2.05, 4.69) is 14.9 Å². The zero-order chi connectivity index (χ0) is 19.9. The molecule has 0 radical (unpaired) electrons. The van der Waals surface area contributed by atoms with Crippen molar-refractivity contribution in [2.24, 2.45) is 0 Å². The summed E-state index contributed by atoms with van der Waals surface area (Å²) in [5, 5.41) is 0. The average Bonchev–Trinajstić information content (AvgIpc) is 3.08. The monoisotopic (exact) mass is 386 g/mol. The largest absolute Gasteiger partial charge is 0.341 e. The van der Waals surface area contributed by atoms with Gasteiger partial charge in [-0.1, -0.05) is 61.4 Å². The molecule has 148 valence electrons. The van der Waals surface area contributed by atoms with Gasteiger partial charge in [0.25, 0.3) is 5.91 Å². The molecule has 1 aromatic heterocycles. The Bertz CT molecular complexity index is 922. The van der Waals surface area contributed by atoms with Crippen molar-refractivity contribution in [3.05, 3.63) is 84.2 Å². The fourth-order valence-corrected chi connectivity index (χ4v) is 3.68. The van der Waals surface area contributed by atoms with Gasteiger partial charge < -0.3 is 9.80 Å². The number of benzene rings is 2. The molecule has 0 N–H and O–H groups in total. The van der Waals surface area contributed by atoms with Gasteiger partial charge in [0.05, 0.1) is 6.54 Å². The molecule has 1 aliphatic rings. The SMILES string of the molecule is O=C(c1ccnc(N2CCCCCC2)n1)N(Cc1ccccc1)c1ccccc1. The predicted octanol–water partition coefficient (Wildman–Crippen LogP) is 4.70. The molecule has 1 aliphatic heterocycles. The van der Waals surface area contributed by atoms with Crippen molar-refractivity contribution < 1.29 is 4.79 Å². The highest BCUT2D eigenvalue weighted by Crippen LogP contribution is 2.21. The summed E-state index contributed by atoms with van der Waals surface area (Å²) in [4.78, 5) is 26.6. The van der Waals surface area contributed by atoms with E-state index in [1.165, 1.54) is 12.8 Å². The molecule has 4 rings (SSSR count). The maximum Gasteiger partial charge on any atom is 0.277 e. The molecule has 0 spiro atoms. The van der Waals surface area contributed by atoms with E-state index in [0.717, 1.165) is 37.2 Å². The van der Waals surface area contributed by atoms with E-state index in [1.807, 2.05) is 60.7 Å². The fraction of sp³-hybridized carbons (Fsp3) is 0.292. The summed E-state index contributed by atoms with van der Waals surface area (Å²) in [7, 11) is 0. The predicted molar refractivity (Wildman–Crippen MR) is 116 cm³/mol. The minimum absolute atomic E-state index is 0.112. The summed E-state index contributed by atoms with van der Waals surface area (Å²) < 4.78 is 0. The molecule has 3 aromatic rings. The van der Waals surface area contributed by atoms with Crippen molar-refractivity contribution in [1.29, 1.82) is 0 Å². The first-order chi connectivity index (χ1) is 14.3. The van der Waals surface area contributed by atoms with E-state index >= 15 is 0 Å². The summed E-state index contributed by atoms with van der Waals surface area (Å²) in [6, 6.07) is 21.5. The lowest BCUT2D eigenvalue weighted by Crippen LogP contribution is -2.32. The van der Waals surface area contributed by atoms with E-state index in [9.17, 15) is 4.79 Å². The Morgan fingerprint density at radius 2 is 1.52 bits per heavy atom. The minimum Gasteiger partial charge on any atom is -0.341 e. The van der Waals surface area contributed by atoms with Crippen LogP contribution in [0, 0.1) is 0 Å². The van der Waals surface area contributed by atoms with Crippen LogP contribution in [0.3, 0.4) is 0 Å². The van der Waals surface area contributed by atoms with Crippen LogP contribution in [0.2, 0.25) is 0 Å². The molecule has 1 amide bonds. The average molecular weight is 386 g/mol. The summed E-state index contributed by atoms with van der Waals surface area (Å²) in [6.07, 6.45) is 6.48. The van der Waals surface area contributed by atoms with Gasteiger partial charge in [-0.15, -0.1) is 0 Å². The highest BCUT2D eigenvalue weighted by Gasteiger charge is 2.21. The lowest BCUT2D eigenvalue weighted by molar-refractivity contribution is 0.0980. The smallest absolute Gasteiger partial charge is 0.277 e. The standard InChI is InChI=1S/C24H26N4O/c29-23(22-15-16-25-24(26-22)27-17-9-1-2-10-18-27)28(21-13-7-4-8-14-21)19-20-11-5-3-6-12-20/h3-8,11-16H,1-2,9-10,17-19H2. The molecule has 29 heavy (non-hydrogen) atoms. The minimum atomic E-state index is -0.112. The lowest BCUT2D eigenvalue weighted by Gasteiger charge is -2.24. The van der Waals surface area contributed by atoms with Gasteiger partial charge in [-0.2, -0.15) is 0 Å². The summed E-state index contributed by atoms with van der Waals surface area (Å²) in [5.41, 5.74) is 2.36. The summed E-state index contributed by atoms with van der Waals surface area (Å²) in [6.45, 7) is 2.39. The van der Waals surface area contributed by atoms with E-state index < -0.39 is 0 Å². The molecule has 0 bridgehead atoms. The maximum atomic E-state index is 13.5. The van der Waals surface area contributed by atoms with Crippen molar-refractivity contribution >= 4 is 17.5 Å². The molecule has 1 saturated heterocycles. The molecule has 0 aliphatic carbocycles. The molecule has 0 unspecified atom stereocenters. The molecule has 0 atom stereocenters. The van der Waals surface area contributed by atoms with Crippen LogP contribution in [0.15, 0.2) is 72.9 Å². The number of hydrogen-bond acceptors (Lipinski definition) is 4. The van der Waals surface area contributed by atoms with Gasteiger partial charge in [0.2, 0.25) is 5.95 Å². The van der Waals surface area contributed by atoms with Crippen molar-refractivity contribution in [1.82, 2.24) is 9.97 Å². The van der Waals surface area contributed by atoms with Gasteiger partial charge in [-0.05, 0) is 36.6 Å². The van der Waals surface area contributed by atoms with Gasteiger partial charge >= 0.3 is 0 Å². The Hall–Kier alpha value is -3.21. The second-order valence-electron chi connectivity index (χ2n) is 7.36. The third-order valence-electron chi connectivity index (χ3n) is 5.25. The van der Waals surface area contributed by atoms with Crippen molar-refractivity contribution in [2.75, 3.05) is 22.9 Å². The van der Waals surface area contributed by atoms with Crippen LogP contribution in [0.1, 0.15) is 41.7 Å². The van der Waals surface area contributed by atoms with Crippen molar-refractivity contribution in [2.45, 2.75) is 32.2 Å². The zero-order valence-electron chi connectivity index (χ0n) is 16.6. The number of nitrogens with zero attached hydrogens (tertiary/aromatic N) is 4. The van der Waals surface area contributed by atoms with Crippen LogP contribution in [-0.2, 0) is 6.54 Å². The number of hydrogen-bond donors (Lipinski definition) is 0. The Morgan fingerprint density at radius 3 is 2.21 bits per heavy atom. The third kappa shape index (κ3) is 4.80. The second kappa shape index (κ2) is 9.32. The van der Waals surface area contributed by atoms with Crippen molar-refractivity contribution in [3.8, 4) is 0 Å². The van der Waals surface area contributed by atoms with Gasteiger partial charge in [-0.3, -0.25) is 4.79 Å². The number of amides is 1. The number of anilines is 2. The Labute approximate surface area is 172 Å². The molecular formula is C24H26N4O. The number of rotatable bonds is 5. The van der Waals surface area contributed by atoms with E-state index in [0.29, 0.717) is 18.2 Å². The normalized spacial score (nSPS) is 14.3. The number of para-hydroxylation sites is 1. The maximum absolute atomic E-state index is 13.5. The van der Waals surface area contributed by atoms with Crippen LogP contribution in [0.25, 0.3) is 0 Å². The van der Waals surface area contributed by atoms with Gasteiger partial charge in [0.15, 0.2) is 0 Å². The molecule has 2 heterocycles. The molecule has 0 saturated carbocycles. The van der Waals surface area contributed by atoms with Crippen LogP contribution in [0.5, 0.6) is 0 Å². The van der Waals surface area contributed by atoms with Gasteiger partial charge in [0.1, 0.15) is 5.69 Å². The zero-order valence-corrected chi connectivity index (χ0v) is 16.6. The second-order valence-corrected chi connectivity index (χ2v) is 7.36. The summed E-state index contributed by atoms with van der Waals surface area (Å²) >= 11 is 0. The first kappa shape index (κ1) is 19.1. The Balaban J connectivity index is 1.62. The van der Waals surface area contributed by atoms with Crippen molar-refractivity contribution in [3.63, 3.8) is 0 Å². The third-order valence-corrected chi connectivity index (χ3v) is 5.25. The van der Waals surface area contributed by atoms with Crippen LogP contribution in [0.4, 0.5) is 11.6 Å². The molecule has 1 fully saturated rings. The Kier molecular flexibility index (Phi) is 6.15. The van der Waals surface area contributed by atoms with Crippen LogP contribution < -0.4 is 9.80 Å². The van der Waals surface area contributed by atoms with E-state index in [-0.39, 0.29) is 5.91 Å². The van der Waals surface area contributed by atoms with Crippen LogP contribution in [-0.4, -0.2) is 29.0 Å². The first-order valence-electron chi connectivity index (χ1n) is 10.3. The van der Waals surface area contributed by atoms with Crippen LogP contribution >= 0.6 is 0 Å². The topological polar surface area (TPSA) is 49.3 Å². The summed E-state index contributed by atoms with van der Waals surface area (Å²) in [5.74, 6) is 0.545. The van der Waals surface area contributed by atoms with E-state index in [1.54, 1.807) is 17.2 Å². The van der Waals surface area contributed by atoms with E-state index in [4.69, 9.17) is 0 Å². The molecule has 5 heteroatoms. The molecule has 2 aromatic carbocycles. The molecular weight excluding hydrogens is 360 g/mol. The highest BCUT2D eigenvalue weighted by molar-refractivity contribution is 6.04. The first-order valence-corrected chi connectivity index (χ1v) is 10.3. The number of aromatic nitrogens is 2. The highest BCUT2D eigenvalue weighted by atomic mass is 16.2. The lowest BCUT2D eigenvalue weighted by atomic mass is 10.2. The number of carbonyl (C=O) groups is 1.